The average molecular weight is 513 g/mol. The average Bonchev–Trinajstić information content (AvgIpc) is 2.59. The Labute approximate surface area is 182 Å². The molecule has 0 unspecified atom stereocenters. The Balaban J connectivity index is 0.00000364. The molecule has 2 saturated heterocycles. The maximum Gasteiger partial charge on any atom is 0.211 e. The molecule has 0 aromatic rings. The number of hydrogen-bond acceptors (Lipinski definition) is 4. The molecule has 0 aromatic carbocycles. The molecule has 2 heterocycles. The third-order valence-electron chi connectivity index (χ3n) is 5.25. The molecule has 0 aliphatic carbocycles. The van der Waals surface area contributed by atoms with Gasteiger partial charge in [-0.05, 0) is 38.5 Å². The summed E-state index contributed by atoms with van der Waals surface area (Å²) in [7, 11) is -1.25. The minimum atomic E-state index is -3.05. The highest BCUT2D eigenvalue weighted by molar-refractivity contribution is 14.0. The molecule has 2 N–H and O–H groups in total. The van der Waals surface area contributed by atoms with E-state index in [9.17, 15) is 8.42 Å². The molecule has 0 bridgehead atoms. The van der Waals surface area contributed by atoms with Crippen LogP contribution in [0.15, 0.2) is 17.1 Å². The van der Waals surface area contributed by atoms with Crippen LogP contribution in [0.3, 0.4) is 0 Å². The first kappa shape index (κ1) is 24.6. The van der Waals surface area contributed by atoms with Gasteiger partial charge < -0.3 is 10.6 Å². The summed E-state index contributed by atoms with van der Waals surface area (Å²) in [5, 5.41) is 6.96. The van der Waals surface area contributed by atoms with Crippen molar-refractivity contribution in [1.29, 1.82) is 0 Å². The quantitative estimate of drug-likeness (QED) is 0.244. The van der Waals surface area contributed by atoms with Gasteiger partial charge in [0.05, 0.1) is 6.26 Å². The first-order valence-electron chi connectivity index (χ1n) is 9.57. The van der Waals surface area contributed by atoms with E-state index in [0.29, 0.717) is 25.0 Å². The predicted molar refractivity (Wildman–Crippen MR) is 123 cm³/mol. The van der Waals surface area contributed by atoms with Gasteiger partial charge in [-0.15, -0.1) is 24.0 Å². The summed E-state index contributed by atoms with van der Waals surface area (Å²) in [6, 6.07) is 0.453. The Kier molecular flexibility index (Phi) is 10.6. The van der Waals surface area contributed by atoms with E-state index in [1.165, 1.54) is 11.8 Å². The highest BCUT2D eigenvalue weighted by Crippen LogP contribution is 2.18. The van der Waals surface area contributed by atoms with E-state index in [1.54, 1.807) is 11.4 Å². The molecule has 0 aromatic heterocycles. The van der Waals surface area contributed by atoms with Crippen molar-refractivity contribution in [3.8, 4) is 0 Å². The standard InChI is InChI=1S/C18H35N5O2S.HI/c1-15(2)14-22-9-7-17(8-10-22)21-18(19-3)20-13-16-5-11-23(12-6-16)26(4,24)25;/h16-17H,1,5-14H2,2-4H3,(H2,19,20,21);1H. The predicted octanol–water partition coefficient (Wildman–Crippen LogP) is 1.48. The fourth-order valence-electron chi connectivity index (χ4n) is 3.69. The van der Waals surface area contributed by atoms with E-state index >= 15 is 0 Å². The second-order valence-electron chi connectivity index (χ2n) is 7.71. The number of halogens is 1. The van der Waals surface area contributed by atoms with Crippen LogP contribution < -0.4 is 10.6 Å². The van der Waals surface area contributed by atoms with Crippen LogP contribution in [0.1, 0.15) is 32.6 Å². The fraction of sp³-hybridized carbons (Fsp3) is 0.833. The Bertz CT molecular complexity index is 595. The van der Waals surface area contributed by atoms with Gasteiger partial charge in [0, 0.05) is 52.4 Å². The molecule has 0 radical (unpaired) electrons. The van der Waals surface area contributed by atoms with E-state index < -0.39 is 10.0 Å². The van der Waals surface area contributed by atoms with Gasteiger partial charge in [0.2, 0.25) is 10.0 Å². The number of piperidine rings is 2. The number of aliphatic imine (C=N–C) groups is 1. The molecule has 0 spiro atoms. The van der Waals surface area contributed by atoms with Crippen LogP contribution in [-0.2, 0) is 10.0 Å². The third kappa shape index (κ3) is 8.66. The van der Waals surface area contributed by atoms with Gasteiger partial charge in [-0.2, -0.15) is 0 Å². The maximum absolute atomic E-state index is 11.6. The van der Waals surface area contributed by atoms with Gasteiger partial charge >= 0.3 is 0 Å². The van der Waals surface area contributed by atoms with Crippen LogP contribution >= 0.6 is 24.0 Å². The largest absolute Gasteiger partial charge is 0.356 e. The lowest BCUT2D eigenvalue weighted by atomic mass is 9.98. The molecule has 7 nitrogen and oxygen atoms in total. The van der Waals surface area contributed by atoms with Crippen molar-refractivity contribution in [2.45, 2.75) is 38.6 Å². The Hall–Kier alpha value is -0.390. The normalized spacial score (nSPS) is 21.5. The van der Waals surface area contributed by atoms with Crippen molar-refractivity contribution in [2.75, 3.05) is 52.6 Å². The molecule has 27 heavy (non-hydrogen) atoms. The summed E-state index contributed by atoms with van der Waals surface area (Å²) >= 11 is 0. The molecule has 2 rings (SSSR count). The topological polar surface area (TPSA) is 77.0 Å². The third-order valence-corrected chi connectivity index (χ3v) is 6.55. The van der Waals surface area contributed by atoms with Crippen LogP contribution in [0.4, 0.5) is 0 Å². The van der Waals surface area contributed by atoms with Gasteiger partial charge in [0.15, 0.2) is 5.96 Å². The van der Waals surface area contributed by atoms with Crippen LogP contribution in [-0.4, -0.2) is 82.2 Å². The van der Waals surface area contributed by atoms with Crippen molar-refractivity contribution in [3.63, 3.8) is 0 Å². The SMILES string of the molecule is C=C(C)CN1CCC(NC(=NC)NCC2CCN(S(C)(=O)=O)CC2)CC1.I. The highest BCUT2D eigenvalue weighted by Gasteiger charge is 2.25. The number of nitrogens with one attached hydrogen (secondary N) is 2. The number of likely N-dealkylation sites (tertiary alicyclic amines) is 1. The van der Waals surface area contributed by atoms with E-state index in [1.807, 2.05) is 0 Å². The number of hydrogen-bond donors (Lipinski definition) is 2. The van der Waals surface area contributed by atoms with Crippen molar-refractivity contribution in [3.05, 3.63) is 12.2 Å². The minimum absolute atomic E-state index is 0. The molecule has 0 amide bonds. The summed E-state index contributed by atoms with van der Waals surface area (Å²) in [6.07, 6.45) is 5.31. The molecule has 158 valence electrons. The number of sulfonamides is 1. The molecule has 0 atom stereocenters. The Morgan fingerprint density at radius 2 is 1.74 bits per heavy atom. The molecule has 9 heteroatoms. The molecular weight excluding hydrogens is 477 g/mol. The van der Waals surface area contributed by atoms with Crippen molar-refractivity contribution < 1.29 is 8.42 Å². The van der Waals surface area contributed by atoms with Gasteiger partial charge in [0.25, 0.3) is 0 Å². The van der Waals surface area contributed by atoms with E-state index in [4.69, 9.17) is 0 Å². The lowest BCUT2D eigenvalue weighted by molar-refractivity contribution is 0.220. The molecule has 2 aliphatic rings. The summed E-state index contributed by atoms with van der Waals surface area (Å²) in [6.45, 7) is 11.3. The highest BCUT2D eigenvalue weighted by atomic mass is 127. The number of nitrogens with zero attached hydrogens (tertiary/aromatic N) is 3. The monoisotopic (exact) mass is 513 g/mol. The molecule has 0 saturated carbocycles. The van der Waals surface area contributed by atoms with Crippen molar-refractivity contribution in [1.82, 2.24) is 19.8 Å². The Morgan fingerprint density at radius 1 is 1.15 bits per heavy atom. The summed E-state index contributed by atoms with van der Waals surface area (Å²) in [5.74, 6) is 1.35. The minimum Gasteiger partial charge on any atom is -0.356 e. The summed E-state index contributed by atoms with van der Waals surface area (Å²) < 4.78 is 24.7. The van der Waals surface area contributed by atoms with Gasteiger partial charge in [-0.1, -0.05) is 12.2 Å². The van der Waals surface area contributed by atoms with E-state index in [-0.39, 0.29) is 24.0 Å². The maximum atomic E-state index is 11.6. The number of guanidine groups is 1. The molecule has 2 aliphatic heterocycles. The lowest BCUT2D eigenvalue weighted by Crippen LogP contribution is -2.50. The fourth-order valence-corrected chi connectivity index (χ4v) is 4.57. The zero-order valence-electron chi connectivity index (χ0n) is 16.9. The van der Waals surface area contributed by atoms with Crippen LogP contribution in [0.25, 0.3) is 0 Å². The summed E-state index contributed by atoms with van der Waals surface area (Å²) in [5.41, 5.74) is 1.22. The first-order valence-corrected chi connectivity index (χ1v) is 11.4. The van der Waals surface area contributed by atoms with Crippen LogP contribution in [0, 0.1) is 5.92 Å². The van der Waals surface area contributed by atoms with Crippen molar-refractivity contribution >= 4 is 40.0 Å². The zero-order valence-corrected chi connectivity index (χ0v) is 20.1. The second-order valence-corrected chi connectivity index (χ2v) is 9.69. The van der Waals surface area contributed by atoms with E-state index in [2.05, 4.69) is 34.0 Å². The van der Waals surface area contributed by atoms with Gasteiger partial charge in [-0.3, -0.25) is 9.89 Å². The first-order chi connectivity index (χ1) is 12.3. The zero-order chi connectivity index (χ0) is 19.2. The van der Waals surface area contributed by atoms with Gasteiger partial charge in [-0.25, -0.2) is 12.7 Å². The van der Waals surface area contributed by atoms with Gasteiger partial charge in [0.1, 0.15) is 0 Å². The van der Waals surface area contributed by atoms with Crippen molar-refractivity contribution in [2.24, 2.45) is 10.9 Å². The van der Waals surface area contributed by atoms with Crippen LogP contribution in [0.2, 0.25) is 0 Å². The molecule has 2 fully saturated rings. The van der Waals surface area contributed by atoms with E-state index in [0.717, 1.165) is 57.8 Å². The smallest absolute Gasteiger partial charge is 0.211 e. The van der Waals surface area contributed by atoms with Crippen LogP contribution in [0.5, 0.6) is 0 Å². The summed E-state index contributed by atoms with van der Waals surface area (Å²) in [4.78, 5) is 6.80. The second kappa shape index (κ2) is 11.6. The number of rotatable bonds is 6. The Morgan fingerprint density at radius 3 is 2.22 bits per heavy atom. The lowest BCUT2D eigenvalue weighted by Gasteiger charge is -2.34. The molecular formula is C18H36IN5O2S.